The molecular formula is C20H24O4. The molecule has 1 aliphatic carbocycles. The second-order valence-corrected chi connectivity index (χ2v) is 6.98. The Morgan fingerprint density at radius 3 is 2.62 bits per heavy atom. The zero-order valence-corrected chi connectivity index (χ0v) is 14.3. The van der Waals surface area contributed by atoms with Crippen molar-refractivity contribution in [3.05, 3.63) is 47.1 Å². The largest absolute Gasteiger partial charge is 0.454 e. The predicted molar refractivity (Wildman–Crippen MR) is 91.1 cm³/mol. The molecule has 2 bridgehead atoms. The Hall–Kier alpha value is -2.10. The predicted octanol–water partition coefficient (Wildman–Crippen LogP) is 3.79. The molecule has 0 amide bonds. The summed E-state index contributed by atoms with van der Waals surface area (Å²) in [5.74, 6) is -0.474. The molecular weight excluding hydrogens is 304 g/mol. The molecule has 1 saturated heterocycles. The SMILES string of the molecule is C=C1C(=O)O[C@@H]2/C=C(/C)C[C@H]3C=C(CC/C=C(/C)CC[C@@H]12)C(=O)O3. The van der Waals surface area contributed by atoms with Crippen LogP contribution in [0.4, 0.5) is 0 Å². The average Bonchev–Trinajstić information content (AvgIpc) is 2.97. The first-order valence-electron chi connectivity index (χ1n) is 8.58. The summed E-state index contributed by atoms with van der Waals surface area (Å²) >= 11 is 0. The van der Waals surface area contributed by atoms with E-state index in [2.05, 4.69) is 19.6 Å². The van der Waals surface area contributed by atoms with Crippen LogP contribution < -0.4 is 0 Å². The zero-order chi connectivity index (χ0) is 17.3. The van der Waals surface area contributed by atoms with Crippen LogP contribution in [0, 0.1) is 5.92 Å². The second-order valence-electron chi connectivity index (χ2n) is 6.98. The van der Waals surface area contributed by atoms with E-state index in [9.17, 15) is 9.59 Å². The highest BCUT2D eigenvalue weighted by Gasteiger charge is 2.37. The van der Waals surface area contributed by atoms with Gasteiger partial charge in [-0.2, -0.15) is 0 Å². The van der Waals surface area contributed by atoms with E-state index in [4.69, 9.17) is 9.47 Å². The minimum Gasteiger partial charge on any atom is -0.454 e. The van der Waals surface area contributed by atoms with Crippen molar-refractivity contribution in [2.24, 2.45) is 5.92 Å². The molecule has 0 spiro atoms. The third-order valence-electron chi connectivity index (χ3n) is 4.99. The minimum atomic E-state index is -0.297. The van der Waals surface area contributed by atoms with E-state index < -0.39 is 0 Å². The highest BCUT2D eigenvalue weighted by atomic mass is 16.6. The summed E-state index contributed by atoms with van der Waals surface area (Å²) in [6, 6.07) is 0. The lowest BCUT2D eigenvalue weighted by Crippen LogP contribution is -2.16. The lowest BCUT2D eigenvalue weighted by Gasteiger charge is -2.16. The molecule has 3 aliphatic rings. The number of hydrogen-bond donors (Lipinski definition) is 0. The molecule has 0 N–H and O–H groups in total. The highest BCUT2D eigenvalue weighted by molar-refractivity contribution is 5.91. The molecule has 0 unspecified atom stereocenters. The quantitative estimate of drug-likeness (QED) is 0.386. The maximum absolute atomic E-state index is 11.9. The van der Waals surface area contributed by atoms with E-state index >= 15 is 0 Å². The molecule has 3 rings (SSSR count). The molecule has 3 atom stereocenters. The summed E-state index contributed by atoms with van der Waals surface area (Å²) in [6.45, 7) is 8.00. The summed E-state index contributed by atoms with van der Waals surface area (Å²) in [5, 5.41) is 0. The van der Waals surface area contributed by atoms with Crippen molar-refractivity contribution in [1.29, 1.82) is 0 Å². The first-order valence-corrected chi connectivity index (χ1v) is 8.58. The van der Waals surface area contributed by atoms with Crippen LogP contribution in [0.1, 0.15) is 46.0 Å². The smallest absolute Gasteiger partial charge is 0.334 e. The van der Waals surface area contributed by atoms with Crippen molar-refractivity contribution in [1.82, 2.24) is 0 Å². The second kappa shape index (κ2) is 6.80. The zero-order valence-electron chi connectivity index (χ0n) is 14.3. The van der Waals surface area contributed by atoms with Crippen molar-refractivity contribution in [2.45, 2.75) is 58.2 Å². The van der Waals surface area contributed by atoms with Gasteiger partial charge in [-0.05, 0) is 51.7 Å². The summed E-state index contributed by atoms with van der Waals surface area (Å²) in [4.78, 5) is 23.8. The van der Waals surface area contributed by atoms with Gasteiger partial charge in [-0.25, -0.2) is 9.59 Å². The lowest BCUT2D eigenvalue weighted by molar-refractivity contribution is -0.139. The fraction of sp³-hybridized carbons (Fsp3) is 0.500. The van der Waals surface area contributed by atoms with E-state index in [1.54, 1.807) is 0 Å². The Morgan fingerprint density at radius 2 is 1.83 bits per heavy atom. The number of allylic oxidation sites excluding steroid dienone is 2. The molecule has 0 saturated carbocycles. The van der Waals surface area contributed by atoms with Gasteiger partial charge in [-0.3, -0.25) is 0 Å². The first-order chi connectivity index (χ1) is 11.4. The molecule has 0 aromatic carbocycles. The van der Waals surface area contributed by atoms with Crippen molar-refractivity contribution >= 4 is 11.9 Å². The monoisotopic (exact) mass is 328 g/mol. The Labute approximate surface area is 142 Å². The van der Waals surface area contributed by atoms with Gasteiger partial charge in [0.25, 0.3) is 0 Å². The van der Waals surface area contributed by atoms with Crippen LogP contribution in [0.2, 0.25) is 0 Å². The number of carbonyl (C=O) groups is 2. The topological polar surface area (TPSA) is 52.6 Å². The molecule has 2 aliphatic heterocycles. The summed E-state index contributed by atoms with van der Waals surface area (Å²) in [7, 11) is 0. The fourth-order valence-corrected chi connectivity index (χ4v) is 3.57. The van der Waals surface area contributed by atoms with Gasteiger partial charge in [0.05, 0.1) is 0 Å². The van der Waals surface area contributed by atoms with Gasteiger partial charge in [0.15, 0.2) is 0 Å². The normalized spacial score (nSPS) is 35.7. The van der Waals surface area contributed by atoms with E-state index in [1.807, 2.05) is 19.1 Å². The van der Waals surface area contributed by atoms with E-state index in [0.717, 1.165) is 36.8 Å². The van der Waals surface area contributed by atoms with Crippen LogP contribution in [-0.4, -0.2) is 24.1 Å². The van der Waals surface area contributed by atoms with Crippen molar-refractivity contribution in [3.8, 4) is 0 Å². The van der Waals surface area contributed by atoms with Crippen LogP contribution in [0.3, 0.4) is 0 Å². The van der Waals surface area contributed by atoms with Gasteiger partial charge in [0, 0.05) is 23.5 Å². The maximum atomic E-state index is 11.9. The molecule has 2 heterocycles. The van der Waals surface area contributed by atoms with Gasteiger partial charge in [0.2, 0.25) is 0 Å². The van der Waals surface area contributed by atoms with E-state index in [-0.39, 0.29) is 30.1 Å². The summed E-state index contributed by atoms with van der Waals surface area (Å²) < 4.78 is 10.9. The molecule has 0 radical (unpaired) electrons. The molecule has 4 nitrogen and oxygen atoms in total. The summed E-state index contributed by atoms with van der Waals surface area (Å²) in [5.41, 5.74) is 3.67. The third kappa shape index (κ3) is 3.53. The molecule has 0 aromatic heterocycles. The minimum absolute atomic E-state index is 0.0240. The van der Waals surface area contributed by atoms with Crippen molar-refractivity contribution in [2.75, 3.05) is 0 Å². The van der Waals surface area contributed by atoms with Crippen LogP contribution in [0.15, 0.2) is 47.1 Å². The van der Waals surface area contributed by atoms with Gasteiger partial charge in [-0.15, -0.1) is 0 Å². The Bertz CT molecular complexity index is 665. The van der Waals surface area contributed by atoms with Gasteiger partial charge < -0.3 is 9.47 Å². The van der Waals surface area contributed by atoms with Crippen molar-refractivity contribution < 1.29 is 19.1 Å². The Balaban J connectivity index is 1.86. The third-order valence-corrected chi connectivity index (χ3v) is 4.99. The van der Waals surface area contributed by atoms with Gasteiger partial charge >= 0.3 is 11.9 Å². The van der Waals surface area contributed by atoms with E-state index in [0.29, 0.717) is 12.0 Å². The number of ether oxygens (including phenoxy) is 2. The highest BCUT2D eigenvalue weighted by Crippen LogP contribution is 2.34. The van der Waals surface area contributed by atoms with Gasteiger partial charge in [0.1, 0.15) is 12.2 Å². The van der Waals surface area contributed by atoms with Crippen LogP contribution >= 0.6 is 0 Å². The Morgan fingerprint density at radius 1 is 1.04 bits per heavy atom. The molecule has 1 fully saturated rings. The van der Waals surface area contributed by atoms with Crippen LogP contribution in [0.25, 0.3) is 0 Å². The number of rotatable bonds is 0. The fourth-order valence-electron chi connectivity index (χ4n) is 3.57. The summed E-state index contributed by atoms with van der Waals surface area (Å²) in [6.07, 6.45) is 9.56. The standard InChI is InChI=1S/C20H24O4/c1-12-5-4-6-15-11-16(23-20(15)22)9-13(2)10-18-17(8-7-12)14(3)19(21)24-18/h5,10-11,16-18H,3-4,6-9H2,1-2H3/b12-5-,13-10-/t16-,17-,18+/m0/s1. The average molecular weight is 328 g/mol. The maximum Gasteiger partial charge on any atom is 0.334 e. The van der Waals surface area contributed by atoms with Crippen LogP contribution in [-0.2, 0) is 19.1 Å². The lowest BCUT2D eigenvalue weighted by atomic mass is 9.89. The van der Waals surface area contributed by atoms with Crippen molar-refractivity contribution in [3.63, 3.8) is 0 Å². The number of fused-ring (bicyclic) bond motifs is 2. The molecule has 0 aromatic rings. The molecule has 4 heteroatoms. The number of esters is 2. The van der Waals surface area contributed by atoms with Gasteiger partial charge in [-0.1, -0.05) is 23.8 Å². The molecule has 24 heavy (non-hydrogen) atoms. The molecule has 128 valence electrons. The Kier molecular flexibility index (Phi) is 4.74. The number of carbonyl (C=O) groups excluding carboxylic acids is 2. The number of hydrogen-bond acceptors (Lipinski definition) is 4. The first kappa shape index (κ1) is 16.7. The van der Waals surface area contributed by atoms with E-state index in [1.165, 1.54) is 5.57 Å². The van der Waals surface area contributed by atoms with Crippen LogP contribution in [0.5, 0.6) is 0 Å².